The number of nitrogens with zero attached hydrogens (tertiary/aromatic N) is 2. The molecule has 0 aliphatic carbocycles. The van der Waals surface area contributed by atoms with Crippen molar-refractivity contribution in [2.45, 2.75) is 19.9 Å². The maximum absolute atomic E-state index is 11.6. The molecule has 1 heterocycles. The van der Waals surface area contributed by atoms with E-state index in [0.29, 0.717) is 5.70 Å². The predicted molar refractivity (Wildman–Crippen MR) is 61.5 cm³/mol. The highest BCUT2D eigenvalue weighted by atomic mass is 35.5. The van der Waals surface area contributed by atoms with Crippen molar-refractivity contribution in [3.05, 3.63) is 23.4 Å². The lowest BCUT2D eigenvalue weighted by molar-refractivity contribution is -0.117. The Morgan fingerprint density at radius 3 is 2.75 bits per heavy atom. The van der Waals surface area contributed by atoms with Crippen LogP contribution in [-0.2, 0) is 4.79 Å². The number of halogens is 1. The minimum absolute atomic E-state index is 0.0159. The molecule has 0 saturated heterocycles. The molecule has 6 heteroatoms. The number of nitriles is 1. The van der Waals surface area contributed by atoms with E-state index in [1.54, 1.807) is 0 Å². The van der Waals surface area contributed by atoms with Crippen LogP contribution in [-0.4, -0.2) is 17.1 Å². The van der Waals surface area contributed by atoms with Gasteiger partial charge in [-0.1, -0.05) is 11.6 Å². The summed E-state index contributed by atoms with van der Waals surface area (Å²) < 4.78 is 0. The zero-order valence-corrected chi connectivity index (χ0v) is 9.67. The summed E-state index contributed by atoms with van der Waals surface area (Å²) in [6.07, 6.45) is 3.04. The molecule has 0 bridgehead atoms. The average Bonchev–Trinajstić information content (AvgIpc) is 2.21. The van der Waals surface area contributed by atoms with Crippen molar-refractivity contribution in [3.8, 4) is 6.07 Å². The van der Waals surface area contributed by atoms with Crippen LogP contribution in [0.4, 0.5) is 0 Å². The fraction of sp³-hybridized carbons (Fsp3) is 0.300. The fourth-order valence-corrected chi connectivity index (χ4v) is 1.15. The number of nitrogens with one attached hydrogen (secondary N) is 2. The number of rotatable bonds is 2. The molecule has 0 unspecified atom stereocenters. The molecule has 1 aliphatic rings. The lowest BCUT2D eigenvalue weighted by Gasteiger charge is -2.11. The van der Waals surface area contributed by atoms with Gasteiger partial charge in [-0.05, 0) is 26.0 Å². The highest BCUT2D eigenvalue weighted by Crippen LogP contribution is 2.08. The summed E-state index contributed by atoms with van der Waals surface area (Å²) in [5, 5.41) is 15.5. The summed E-state index contributed by atoms with van der Waals surface area (Å²) in [6.45, 7) is 3.63. The van der Waals surface area contributed by atoms with Gasteiger partial charge in [-0.2, -0.15) is 10.4 Å². The third-order valence-corrected chi connectivity index (χ3v) is 1.91. The van der Waals surface area contributed by atoms with E-state index in [1.165, 1.54) is 12.2 Å². The van der Waals surface area contributed by atoms with Gasteiger partial charge in [0.25, 0.3) is 5.91 Å². The van der Waals surface area contributed by atoms with Gasteiger partial charge in [0, 0.05) is 6.04 Å². The molecule has 0 radical (unpaired) electrons. The number of hydrogen-bond donors (Lipinski definition) is 2. The van der Waals surface area contributed by atoms with E-state index in [0.717, 1.165) is 0 Å². The van der Waals surface area contributed by atoms with E-state index in [9.17, 15) is 4.79 Å². The number of carbonyl (C=O) groups is 1. The number of hydrazone groups is 1. The molecule has 0 spiro atoms. The molecule has 0 fully saturated rings. The molecule has 16 heavy (non-hydrogen) atoms. The van der Waals surface area contributed by atoms with E-state index < -0.39 is 5.91 Å². The van der Waals surface area contributed by atoms with Gasteiger partial charge in [-0.3, -0.25) is 10.2 Å². The maximum Gasteiger partial charge on any atom is 0.264 e. The first-order valence-corrected chi connectivity index (χ1v) is 5.05. The average molecular weight is 239 g/mol. The second kappa shape index (κ2) is 5.33. The molecule has 2 N–H and O–H groups in total. The van der Waals surface area contributed by atoms with E-state index in [-0.39, 0.29) is 16.8 Å². The van der Waals surface area contributed by atoms with E-state index >= 15 is 0 Å². The second-order valence-corrected chi connectivity index (χ2v) is 3.80. The Morgan fingerprint density at radius 2 is 2.31 bits per heavy atom. The molecule has 1 rings (SSSR count). The third-order valence-electron chi connectivity index (χ3n) is 1.70. The molecule has 0 aromatic rings. The van der Waals surface area contributed by atoms with Crippen LogP contribution in [0.2, 0.25) is 0 Å². The van der Waals surface area contributed by atoms with Crippen LogP contribution < -0.4 is 10.7 Å². The van der Waals surface area contributed by atoms with Crippen LogP contribution in [0.1, 0.15) is 13.8 Å². The Kier molecular flexibility index (Phi) is 4.09. The van der Waals surface area contributed by atoms with Crippen molar-refractivity contribution in [2.24, 2.45) is 5.10 Å². The first-order valence-electron chi connectivity index (χ1n) is 4.67. The molecule has 1 amide bonds. The molecular weight excluding hydrogens is 228 g/mol. The van der Waals surface area contributed by atoms with Gasteiger partial charge in [-0.15, -0.1) is 0 Å². The smallest absolute Gasteiger partial charge is 0.264 e. The van der Waals surface area contributed by atoms with Gasteiger partial charge in [0.05, 0.1) is 5.70 Å². The lowest BCUT2D eigenvalue weighted by atomic mass is 10.2. The summed E-state index contributed by atoms with van der Waals surface area (Å²) in [5.74, 6) is -0.433. The quantitative estimate of drug-likeness (QED) is 0.557. The Balaban J connectivity index is 2.91. The third kappa shape index (κ3) is 3.11. The summed E-state index contributed by atoms with van der Waals surface area (Å²) in [7, 11) is 0. The monoisotopic (exact) mass is 238 g/mol. The van der Waals surface area contributed by atoms with Crippen LogP contribution in [0.5, 0.6) is 0 Å². The highest BCUT2D eigenvalue weighted by molar-refractivity contribution is 6.68. The molecule has 5 nitrogen and oxygen atoms in total. The molecule has 0 atom stereocenters. The van der Waals surface area contributed by atoms with Crippen LogP contribution in [0.3, 0.4) is 0 Å². The fourth-order valence-electron chi connectivity index (χ4n) is 1.05. The van der Waals surface area contributed by atoms with Crippen molar-refractivity contribution in [3.63, 3.8) is 0 Å². The van der Waals surface area contributed by atoms with Crippen molar-refractivity contribution in [2.75, 3.05) is 0 Å². The first-order chi connectivity index (χ1) is 7.54. The van der Waals surface area contributed by atoms with Gasteiger partial charge in [0.15, 0.2) is 0 Å². The van der Waals surface area contributed by atoms with Crippen LogP contribution in [0.15, 0.2) is 28.5 Å². The maximum atomic E-state index is 11.6. The predicted octanol–water partition coefficient (Wildman–Crippen LogP) is 1.00. The summed E-state index contributed by atoms with van der Waals surface area (Å²) >= 11 is 5.59. The standard InChI is InChI=1S/C10H11ClN4O/c1-6(2)13-10(16)7(5-12)8-3-4-9(11)15-14-8/h3-4,6,14H,1-2H3,(H,13,16)/b8-7-. The Bertz CT molecular complexity index is 429. The van der Waals surface area contributed by atoms with Gasteiger partial charge in [0.2, 0.25) is 0 Å². The highest BCUT2D eigenvalue weighted by Gasteiger charge is 2.15. The molecule has 1 aliphatic heterocycles. The van der Waals surface area contributed by atoms with Gasteiger partial charge < -0.3 is 5.32 Å². The van der Waals surface area contributed by atoms with Crippen LogP contribution in [0, 0.1) is 11.3 Å². The van der Waals surface area contributed by atoms with E-state index in [4.69, 9.17) is 16.9 Å². The topological polar surface area (TPSA) is 77.3 Å². The number of allylic oxidation sites excluding steroid dienone is 2. The lowest BCUT2D eigenvalue weighted by Crippen LogP contribution is -2.32. The summed E-state index contributed by atoms with van der Waals surface area (Å²) in [6, 6.07) is 1.80. The number of hydrogen-bond acceptors (Lipinski definition) is 4. The Morgan fingerprint density at radius 1 is 1.62 bits per heavy atom. The molecule has 84 valence electrons. The van der Waals surface area contributed by atoms with Gasteiger partial charge >= 0.3 is 0 Å². The van der Waals surface area contributed by atoms with Crippen LogP contribution >= 0.6 is 11.6 Å². The molecular formula is C10H11ClN4O. The van der Waals surface area contributed by atoms with Crippen molar-refractivity contribution >= 4 is 22.7 Å². The zero-order valence-electron chi connectivity index (χ0n) is 8.91. The number of carbonyl (C=O) groups excluding carboxylic acids is 1. The van der Waals surface area contributed by atoms with E-state index in [2.05, 4.69) is 15.8 Å². The SMILES string of the molecule is CC(C)NC(=O)/C(C#N)=C1/C=CC(Cl)=NN1. The molecule has 0 saturated carbocycles. The minimum Gasteiger partial charge on any atom is -0.349 e. The summed E-state index contributed by atoms with van der Waals surface area (Å²) in [5.41, 5.74) is 2.86. The van der Waals surface area contributed by atoms with Gasteiger partial charge in [-0.25, -0.2) is 0 Å². The Labute approximate surface area is 98.5 Å². The second-order valence-electron chi connectivity index (χ2n) is 3.41. The Hall–Kier alpha value is -1.80. The van der Waals surface area contributed by atoms with Gasteiger partial charge in [0.1, 0.15) is 16.8 Å². The normalized spacial score (nSPS) is 17.3. The van der Waals surface area contributed by atoms with E-state index in [1.807, 2.05) is 19.9 Å². The molecule has 0 aromatic heterocycles. The summed E-state index contributed by atoms with van der Waals surface area (Å²) in [4.78, 5) is 11.6. The largest absolute Gasteiger partial charge is 0.349 e. The molecule has 0 aromatic carbocycles. The zero-order chi connectivity index (χ0) is 12.1. The minimum atomic E-state index is -0.433. The van der Waals surface area contributed by atoms with Crippen molar-refractivity contribution in [1.82, 2.24) is 10.7 Å². The van der Waals surface area contributed by atoms with Crippen LogP contribution in [0.25, 0.3) is 0 Å². The van der Waals surface area contributed by atoms with Crippen molar-refractivity contribution < 1.29 is 4.79 Å². The number of amides is 1. The van der Waals surface area contributed by atoms with Crippen molar-refractivity contribution in [1.29, 1.82) is 5.26 Å². The first kappa shape index (κ1) is 12.3.